The maximum absolute atomic E-state index is 12.7. The van der Waals surface area contributed by atoms with E-state index in [2.05, 4.69) is 15.9 Å². The SMILES string of the molecule is Fc1ccc(-c2cccc(Br)c2Cl)cc1. The fourth-order valence-electron chi connectivity index (χ4n) is 1.36. The standard InChI is InChI=1S/C12H7BrClF/c13-11-3-1-2-10(12(11)14)8-4-6-9(15)7-5-8/h1-7H. The molecule has 0 heterocycles. The van der Waals surface area contributed by atoms with Gasteiger partial charge in [0.15, 0.2) is 0 Å². The van der Waals surface area contributed by atoms with Crippen LogP contribution in [0, 0.1) is 5.82 Å². The predicted molar refractivity (Wildman–Crippen MR) is 64.5 cm³/mol. The third-order valence-corrected chi connectivity index (χ3v) is 3.40. The number of rotatable bonds is 1. The highest BCUT2D eigenvalue weighted by molar-refractivity contribution is 9.10. The summed E-state index contributed by atoms with van der Waals surface area (Å²) in [6.45, 7) is 0. The average molecular weight is 286 g/mol. The molecule has 0 aromatic heterocycles. The Balaban J connectivity index is 2.54. The Morgan fingerprint density at radius 3 is 2.33 bits per heavy atom. The highest BCUT2D eigenvalue weighted by atomic mass is 79.9. The third-order valence-electron chi connectivity index (χ3n) is 2.11. The molecule has 0 saturated carbocycles. The highest BCUT2D eigenvalue weighted by Gasteiger charge is 2.05. The van der Waals surface area contributed by atoms with E-state index in [1.165, 1.54) is 12.1 Å². The zero-order chi connectivity index (χ0) is 10.8. The largest absolute Gasteiger partial charge is 0.207 e. The molecule has 0 radical (unpaired) electrons. The van der Waals surface area contributed by atoms with Crippen LogP contribution in [0.2, 0.25) is 5.02 Å². The van der Waals surface area contributed by atoms with Crippen molar-refractivity contribution >= 4 is 27.5 Å². The van der Waals surface area contributed by atoms with Gasteiger partial charge in [-0.1, -0.05) is 35.9 Å². The van der Waals surface area contributed by atoms with Crippen LogP contribution in [0.25, 0.3) is 11.1 Å². The lowest BCUT2D eigenvalue weighted by Crippen LogP contribution is -1.81. The van der Waals surface area contributed by atoms with Gasteiger partial charge in [-0.2, -0.15) is 0 Å². The predicted octanol–water partition coefficient (Wildman–Crippen LogP) is 4.91. The summed E-state index contributed by atoms with van der Waals surface area (Å²) in [7, 11) is 0. The summed E-state index contributed by atoms with van der Waals surface area (Å²) in [4.78, 5) is 0. The van der Waals surface area contributed by atoms with E-state index in [9.17, 15) is 4.39 Å². The van der Waals surface area contributed by atoms with Crippen LogP contribution in [-0.4, -0.2) is 0 Å². The van der Waals surface area contributed by atoms with Crippen LogP contribution in [0.4, 0.5) is 4.39 Å². The summed E-state index contributed by atoms with van der Waals surface area (Å²) < 4.78 is 13.6. The topological polar surface area (TPSA) is 0 Å². The van der Waals surface area contributed by atoms with Gasteiger partial charge >= 0.3 is 0 Å². The maximum Gasteiger partial charge on any atom is 0.123 e. The van der Waals surface area contributed by atoms with E-state index in [0.29, 0.717) is 5.02 Å². The first-order valence-electron chi connectivity index (χ1n) is 4.38. The number of halogens is 3. The van der Waals surface area contributed by atoms with Crippen molar-refractivity contribution in [2.45, 2.75) is 0 Å². The molecule has 0 fully saturated rings. The second-order valence-corrected chi connectivity index (χ2v) is 4.34. The monoisotopic (exact) mass is 284 g/mol. The number of hydrogen-bond acceptors (Lipinski definition) is 0. The molecule has 0 N–H and O–H groups in total. The molecule has 0 saturated heterocycles. The fraction of sp³-hybridized carbons (Fsp3) is 0. The molecule has 0 unspecified atom stereocenters. The van der Waals surface area contributed by atoms with Gasteiger partial charge in [0.1, 0.15) is 5.82 Å². The molecular formula is C12H7BrClF. The van der Waals surface area contributed by atoms with Crippen LogP contribution in [-0.2, 0) is 0 Å². The van der Waals surface area contributed by atoms with Gasteiger partial charge in [-0.3, -0.25) is 0 Å². The van der Waals surface area contributed by atoms with E-state index >= 15 is 0 Å². The highest BCUT2D eigenvalue weighted by Crippen LogP contribution is 2.33. The molecule has 15 heavy (non-hydrogen) atoms. The van der Waals surface area contributed by atoms with Gasteiger partial charge in [0.2, 0.25) is 0 Å². The van der Waals surface area contributed by atoms with Gasteiger partial charge < -0.3 is 0 Å². The lowest BCUT2D eigenvalue weighted by atomic mass is 10.1. The summed E-state index contributed by atoms with van der Waals surface area (Å²) >= 11 is 9.48. The van der Waals surface area contributed by atoms with Crippen molar-refractivity contribution in [1.29, 1.82) is 0 Å². The van der Waals surface area contributed by atoms with Gasteiger partial charge in [-0.05, 0) is 39.7 Å². The minimum absolute atomic E-state index is 0.245. The third kappa shape index (κ3) is 2.21. The molecule has 0 amide bonds. The van der Waals surface area contributed by atoms with Crippen molar-refractivity contribution in [1.82, 2.24) is 0 Å². The van der Waals surface area contributed by atoms with Crippen LogP contribution >= 0.6 is 27.5 Å². The summed E-state index contributed by atoms with van der Waals surface area (Å²) in [6.07, 6.45) is 0. The van der Waals surface area contributed by atoms with Crippen LogP contribution in [0.3, 0.4) is 0 Å². The molecule has 3 heteroatoms. The Morgan fingerprint density at radius 1 is 1.00 bits per heavy atom. The normalized spacial score (nSPS) is 10.3. The van der Waals surface area contributed by atoms with Crippen molar-refractivity contribution in [2.24, 2.45) is 0 Å². The Bertz CT molecular complexity index is 479. The van der Waals surface area contributed by atoms with Crippen molar-refractivity contribution in [2.75, 3.05) is 0 Å². The van der Waals surface area contributed by atoms with Gasteiger partial charge in [-0.25, -0.2) is 4.39 Å². The molecule has 76 valence electrons. The minimum atomic E-state index is -0.245. The molecule has 0 bridgehead atoms. The van der Waals surface area contributed by atoms with Crippen LogP contribution in [0.5, 0.6) is 0 Å². The first kappa shape index (κ1) is 10.7. The lowest BCUT2D eigenvalue weighted by molar-refractivity contribution is 0.628. The van der Waals surface area contributed by atoms with E-state index in [1.54, 1.807) is 12.1 Å². The van der Waals surface area contributed by atoms with E-state index in [-0.39, 0.29) is 5.82 Å². The smallest absolute Gasteiger partial charge is 0.123 e. The summed E-state index contributed by atoms with van der Waals surface area (Å²) in [6, 6.07) is 11.9. The molecule has 2 aromatic carbocycles. The molecule has 2 rings (SSSR count). The second kappa shape index (κ2) is 4.33. The van der Waals surface area contributed by atoms with Gasteiger partial charge in [-0.15, -0.1) is 0 Å². The average Bonchev–Trinajstić information content (AvgIpc) is 2.24. The second-order valence-electron chi connectivity index (χ2n) is 3.11. The van der Waals surface area contributed by atoms with Crippen LogP contribution in [0.15, 0.2) is 46.9 Å². The summed E-state index contributed by atoms with van der Waals surface area (Å²) in [5, 5.41) is 0.643. The maximum atomic E-state index is 12.7. The molecule has 0 aliphatic carbocycles. The molecular weight excluding hydrogens is 278 g/mol. The Kier molecular flexibility index (Phi) is 3.08. The van der Waals surface area contributed by atoms with E-state index in [0.717, 1.165) is 15.6 Å². The van der Waals surface area contributed by atoms with Crippen molar-refractivity contribution < 1.29 is 4.39 Å². The van der Waals surface area contributed by atoms with E-state index in [4.69, 9.17) is 11.6 Å². The number of benzene rings is 2. The van der Waals surface area contributed by atoms with Crippen molar-refractivity contribution in [3.63, 3.8) is 0 Å². The first-order chi connectivity index (χ1) is 7.18. The zero-order valence-electron chi connectivity index (χ0n) is 7.68. The van der Waals surface area contributed by atoms with Gasteiger partial charge in [0.05, 0.1) is 5.02 Å². The lowest BCUT2D eigenvalue weighted by Gasteiger charge is -2.05. The van der Waals surface area contributed by atoms with Gasteiger partial charge in [0.25, 0.3) is 0 Å². The summed E-state index contributed by atoms with van der Waals surface area (Å²) in [5.41, 5.74) is 1.80. The quantitative estimate of drug-likeness (QED) is 0.698. The van der Waals surface area contributed by atoms with Crippen molar-refractivity contribution in [3.8, 4) is 11.1 Å². The minimum Gasteiger partial charge on any atom is -0.207 e. The number of hydrogen-bond donors (Lipinski definition) is 0. The molecule has 0 aliphatic rings. The first-order valence-corrected chi connectivity index (χ1v) is 5.55. The van der Waals surface area contributed by atoms with E-state index < -0.39 is 0 Å². The molecule has 2 aromatic rings. The van der Waals surface area contributed by atoms with Gasteiger partial charge in [0, 0.05) is 10.0 Å². The van der Waals surface area contributed by atoms with Crippen LogP contribution < -0.4 is 0 Å². The van der Waals surface area contributed by atoms with Crippen LogP contribution in [0.1, 0.15) is 0 Å². The molecule has 0 nitrogen and oxygen atoms in total. The Morgan fingerprint density at radius 2 is 1.67 bits per heavy atom. The molecule has 0 aliphatic heterocycles. The Labute approximate surface area is 101 Å². The van der Waals surface area contributed by atoms with E-state index in [1.807, 2.05) is 18.2 Å². The fourth-order valence-corrected chi connectivity index (χ4v) is 1.96. The van der Waals surface area contributed by atoms with Crippen molar-refractivity contribution in [3.05, 3.63) is 57.8 Å². The Hall–Kier alpha value is -0.860. The zero-order valence-corrected chi connectivity index (χ0v) is 10.0. The molecule has 0 atom stereocenters. The molecule has 0 spiro atoms. The summed E-state index contributed by atoms with van der Waals surface area (Å²) in [5.74, 6) is -0.245.